The van der Waals surface area contributed by atoms with E-state index in [-0.39, 0.29) is 12.5 Å². The molecular weight excluding hydrogens is 326 g/mol. The van der Waals surface area contributed by atoms with Crippen molar-refractivity contribution >= 4 is 17.2 Å². The molecule has 6 nitrogen and oxygen atoms in total. The number of nitrogens with one attached hydrogen (secondary N) is 2. The Hall–Kier alpha value is -2.64. The van der Waals surface area contributed by atoms with Gasteiger partial charge in [-0.3, -0.25) is 9.89 Å². The minimum Gasteiger partial charge on any atom is -0.497 e. The van der Waals surface area contributed by atoms with Gasteiger partial charge in [-0.15, -0.1) is 0 Å². The maximum absolute atomic E-state index is 12.4. The molecule has 3 rings (SSSR count). The van der Waals surface area contributed by atoms with Gasteiger partial charge < -0.3 is 15.2 Å². The first-order chi connectivity index (χ1) is 11.7. The summed E-state index contributed by atoms with van der Waals surface area (Å²) in [6, 6.07) is 9.17. The maximum Gasteiger partial charge on any atom is 0.255 e. The highest BCUT2D eigenvalue weighted by atomic mass is 32.1. The van der Waals surface area contributed by atoms with Crippen LogP contribution in [0.2, 0.25) is 0 Å². The summed E-state index contributed by atoms with van der Waals surface area (Å²) in [5.74, 6) is 0.451. The summed E-state index contributed by atoms with van der Waals surface area (Å²) in [7, 11) is 1.60. The molecule has 0 radical (unpaired) electrons. The van der Waals surface area contributed by atoms with Gasteiger partial charge in [0.25, 0.3) is 5.91 Å². The third-order valence-electron chi connectivity index (χ3n) is 3.65. The van der Waals surface area contributed by atoms with Crippen LogP contribution in [0, 0.1) is 0 Å². The number of rotatable bonds is 6. The average Bonchev–Trinajstić information content (AvgIpc) is 3.30. The molecule has 3 aromatic rings. The van der Waals surface area contributed by atoms with Crippen LogP contribution in [-0.4, -0.2) is 34.9 Å². The number of carbonyl (C=O) groups excluding carboxylic acids is 1. The number of methoxy groups -OCH3 is 1. The predicted octanol–water partition coefficient (Wildman–Crippen LogP) is 2.61. The number of nitrogens with zero attached hydrogens (tertiary/aromatic N) is 1. The number of amides is 1. The van der Waals surface area contributed by atoms with Crippen molar-refractivity contribution in [1.82, 2.24) is 15.5 Å². The van der Waals surface area contributed by atoms with Gasteiger partial charge in [0.15, 0.2) is 0 Å². The van der Waals surface area contributed by atoms with E-state index in [0.717, 1.165) is 16.9 Å². The first-order valence-electron chi connectivity index (χ1n) is 7.35. The molecule has 2 aromatic heterocycles. The molecule has 124 valence electrons. The van der Waals surface area contributed by atoms with E-state index in [9.17, 15) is 9.90 Å². The molecule has 1 amide bonds. The lowest BCUT2D eigenvalue weighted by Gasteiger charge is -2.11. The zero-order valence-corrected chi connectivity index (χ0v) is 13.8. The Morgan fingerprint density at radius 2 is 2.17 bits per heavy atom. The number of aromatic amines is 1. The molecule has 0 aliphatic heterocycles. The summed E-state index contributed by atoms with van der Waals surface area (Å²) in [5, 5.41) is 23.3. The molecule has 1 unspecified atom stereocenters. The Morgan fingerprint density at radius 3 is 2.83 bits per heavy atom. The minimum absolute atomic E-state index is 0.142. The van der Waals surface area contributed by atoms with Crippen LogP contribution < -0.4 is 10.1 Å². The second kappa shape index (κ2) is 7.29. The summed E-state index contributed by atoms with van der Waals surface area (Å²) in [6.07, 6.45) is 0.753. The molecule has 2 heterocycles. The van der Waals surface area contributed by atoms with Crippen molar-refractivity contribution < 1.29 is 14.6 Å². The molecule has 0 fully saturated rings. The molecule has 0 bridgehead atoms. The lowest BCUT2D eigenvalue weighted by atomic mass is 10.1. The quantitative estimate of drug-likeness (QED) is 0.642. The van der Waals surface area contributed by atoms with E-state index in [4.69, 9.17) is 4.74 Å². The SMILES string of the molecule is COc1ccc(-c2[nH]ncc2C(=O)NCC(O)c2ccsc2)cc1. The number of benzene rings is 1. The molecule has 0 spiro atoms. The molecule has 24 heavy (non-hydrogen) atoms. The molecule has 3 N–H and O–H groups in total. The van der Waals surface area contributed by atoms with Gasteiger partial charge in [-0.2, -0.15) is 16.4 Å². The number of aliphatic hydroxyl groups excluding tert-OH is 1. The van der Waals surface area contributed by atoms with Crippen LogP contribution >= 0.6 is 11.3 Å². The number of aromatic nitrogens is 2. The highest BCUT2D eigenvalue weighted by Gasteiger charge is 2.17. The fourth-order valence-electron chi connectivity index (χ4n) is 2.30. The summed E-state index contributed by atoms with van der Waals surface area (Å²) < 4.78 is 5.13. The summed E-state index contributed by atoms with van der Waals surface area (Å²) in [5.41, 5.74) is 2.68. The van der Waals surface area contributed by atoms with Crippen molar-refractivity contribution in [3.8, 4) is 17.0 Å². The monoisotopic (exact) mass is 343 g/mol. The lowest BCUT2D eigenvalue weighted by Crippen LogP contribution is -2.28. The van der Waals surface area contributed by atoms with Crippen molar-refractivity contribution in [2.24, 2.45) is 0 Å². The summed E-state index contributed by atoms with van der Waals surface area (Å²) in [4.78, 5) is 12.4. The van der Waals surface area contributed by atoms with Crippen molar-refractivity contribution in [1.29, 1.82) is 0 Å². The van der Waals surface area contributed by atoms with Crippen molar-refractivity contribution in [3.05, 3.63) is 58.4 Å². The summed E-state index contributed by atoms with van der Waals surface area (Å²) >= 11 is 1.50. The van der Waals surface area contributed by atoms with Crippen LogP contribution in [-0.2, 0) is 0 Å². The van der Waals surface area contributed by atoms with Gasteiger partial charge in [0.1, 0.15) is 5.75 Å². The third-order valence-corrected chi connectivity index (χ3v) is 4.35. The Kier molecular flexibility index (Phi) is 4.93. The smallest absolute Gasteiger partial charge is 0.255 e. The number of ether oxygens (including phenoxy) is 1. The topological polar surface area (TPSA) is 87.2 Å². The van der Waals surface area contributed by atoms with E-state index in [1.54, 1.807) is 7.11 Å². The van der Waals surface area contributed by atoms with Gasteiger partial charge >= 0.3 is 0 Å². The molecule has 0 aliphatic rings. The molecule has 1 aromatic carbocycles. The van der Waals surface area contributed by atoms with Crippen LogP contribution in [0.5, 0.6) is 5.75 Å². The zero-order chi connectivity index (χ0) is 16.9. The van der Waals surface area contributed by atoms with Crippen molar-refractivity contribution in [2.45, 2.75) is 6.10 Å². The second-order valence-corrected chi connectivity index (χ2v) is 5.95. The van der Waals surface area contributed by atoms with Gasteiger partial charge in [-0.25, -0.2) is 0 Å². The number of H-pyrrole nitrogens is 1. The zero-order valence-electron chi connectivity index (χ0n) is 13.0. The van der Waals surface area contributed by atoms with E-state index >= 15 is 0 Å². The number of thiophene rings is 1. The fraction of sp³-hybridized carbons (Fsp3) is 0.176. The first-order valence-corrected chi connectivity index (χ1v) is 8.29. The fourth-order valence-corrected chi connectivity index (χ4v) is 3.01. The van der Waals surface area contributed by atoms with E-state index in [1.165, 1.54) is 17.5 Å². The van der Waals surface area contributed by atoms with Crippen LogP contribution in [0.3, 0.4) is 0 Å². The Morgan fingerprint density at radius 1 is 1.38 bits per heavy atom. The van der Waals surface area contributed by atoms with Gasteiger partial charge in [0.05, 0.1) is 30.7 Å². The number of aliphatic hydroxyl groups is 1. The van der Waals surface area contributed by atoms with Crippen LogP contribution in [0.25, 0.3) is 11.3 Å². The number of hydrogen-bond donors (Lipinski definition) is 3. The van der Waals surface area contributed by atoms with Crippen LogP contribution in [0.15, 0.2) is 47.3 Å². The number of carbonyl (C=O) groups is 1. The lowest BCUT2D eigenvalue weighted by molar-refractivity contribution is 0.0917. The number of hydrogen-bond acceptors (Lipinski definition) is 5. The second-order valence-electron chi connectivity index (χ2n) is 5.17. The molecule has 7 heteroatoms. The summed E-state index contributed by atoms with van der Waals surface area (Å²) in [6.45, 7) is 0.142. The average molecular weight is 343 g/mol. The third kappa shape index (κ3) is 3.47. The highest BCUT2D eigenvalue weighted by molar-refractivity contribution is 7.07. The van der Waals surface area contributed by atoms with Gasteiger partial charge in [0, 0.05) is 12.1 Å². The molecule has 0 saturated heterocycles. The highest BCUT2D eigenvalue weighted by Crippen LogP contribution is 2.24. The Balaban J connectivity index is 1.70. The Labute approximate surface area is 143 Å². The van der Waals surface area contributed by atoms with E-state index in [0.29, 0.717) is 11.3 Å². The minimum atomic E-state index is -0.725. The van der Waals surface area contributed by atoms with Gasteiger partial charge in [-0.05, 0) is 46.7 Å². The van der Waals surface area contributed by atoms with Gasteiger partial charge in [0.2, 0.25) is 0 Å². The first kappa shape index (κ1) is 16.2. The van der Waals surface area contributed by atoms with E-state index < -0.39 is 6.10 Å². The normalized spacial score (nSPS) is 11.9. The molecule has 0 aliphatic carbocycles. The van der Waals surface area contributed by atoms with Crippen molar-refractivity contribution in [2.75, 3.05) is 13.7 Å². The van der Waals surface area contributed by atoms with E-state index in [2.05, 4.69) is 15.5 Å². The molecule has 1 atom stereocenters. The van der Waals surface area contributed by atoms with Crippen LogP contribution in [0.1, 0.15) is 22.0 Å². The van der Waals surface area contributed by atoms with E-state index in [1.807, 2.05) is 41.1 Å². The van der Waals surface area contributed by atoms with Crippen molar-refractivity contribution in [3.63, 3.8) is 0 Å². The Bertz CT molecular complexity index is 797. The maximum atomic E-state index is 12.4. The van der Waals surface area contributed by atoms with Crippen LogP contribution in [0.4, 0.5) is 0 Å². The largest absolute Gasteiger partial charge is 0.497 e. The standard InChI is InChI=1S/C17H17N3O3S/c1-23-13-4-2-11(3-5-13)16-14(8-19-20-16)17(22)18-9-15(21)12-6-7-24-10-12/h2-8,10,15,21H,9H2,1H3,(H,18,22)(H,19,20). The molecule has 0 saturated carbocycles. The predicted molar refractivity (Wildman–Crippen MR) is 92.2 cm³/mol. The molecular formula is C17H17N3O3S. The van der Waals surface area contributed by atoms with Gasteiger partial charge in [-0.1, -0.05) is 0 Å².